The highest BCUT2D eigenvalue weighted by Crippen LogP contribution is 2.44. The van der Waals surface area contributed by atoms with E-state index in [1.165, 1.54) is 36.9 Å². The van der Waals surface area contributed by atoms with Gasteiger partial charge in [0, 0.05) is 37.4 Å². The van der Waals surface area contributed by atoms with Gasteiger partial charge in [0.05, 0.1) is 0 Å². The molecule has 1 saturated heterocycles. The summed E-state index contributed by atoms with van der Waals surface area (Å²) in [6.07, 6.45) is 5.32. The zero-order valence-electron chi connectivity index (χ0n) is 16.3. The summed E-state index contributed by atoms with van der Waals surface area (Å²) >= 11 is 0. The van der Waals surface area contributed by atoms with E-state index < -0.39 is 0 Å². The Morgan fingerprint density at radius 3 is 2.19 bits per heavy atom. The summed E-state index contributed by atoms with van der Waals surface area (Å²) in [6, 6.07) is 20.2. The molecule has 0 aromatic heterocycles. The topological polar surface area (TPSA) is 6.48 Å². The highest BCUT2D eigenvalue weighted by atomic mass is 15.3. The van der Waals surface area contributed by atoms with Crippen molar-refractivity contribution in [3.63, 3.8) is 0 Å². The van der Waals surface area contributed by atoms with Gasteiger partial charge in [0.1, 0.15) is 0 Å². The van der Waals surface area contributed by atoms with E-state index in [1.54, 1.807) is 5.56 Å². The lowest BCUT2D eigenvalue weighted by atomic mass is 9.71. The van der Waals surface area contributed by atoms with Gasteiger partial charge in [-0.05, 0) is 56.2 Å². The predicted octanol–water partition coefficient (Wildman–Crippen LogP) is 5.22. The molecule has 4 rings (SSSR count). The van der Waals surface area contributed by atoms with E-state index >= 15 is 0 Å². The van der Waals surface area contributed by atoms with Gasteiger partial charge >= 0.3 is 0 Å². The molecule has 2 aromatic rings. The van der Waals surface area contributed by atoms with Crippen molar-refractivity contribution in [2.24, 2.45) is 5.92 Å². The number of hydrogen-bond donors (Lipinski definition) is 0. The normalized spacial score (nSPS) is 27.5. The molecule has 1 aliphatic heterocycles. The summed E-state index contributed by atoms with van der Waals surface area (Å²) < 4.78 is 0. The lowest BCUT2D eigenvalue weighted by Gasteiger charge is -2.51. The minimum atomic E-state index is 0.251. The molecule has 2 fully saturated rings. The number of hydrogen-bond acceptors (Lipinski definition) is 2. The molecule has 0 N–H and O–H groups in total. The van der Waals surface area contributed by atoms with Crippen LogP contribution in [0.1, 0.15) is 43.7 Å². The van der Waals surface area contributed by atoms with Crippen LogP contribution in [0.15, 0.2) is 54.6 Å². The van der Waals surface area contributed by atoms with Crippen LogP contribution < -0.4 is 4.90 Å². The average molecular weight is 349 g/mol. The molecule has 1 heterocycles. The van der Waals surface area contributed by atoms with Crippen LogP contribution in [0.2, 0.25) is 0 Å². The van der Waals surface area contributed by atoms with Gasteiger partial charge in [-0.3, -0.25) is 4.90 Å². The maximum Gasteiger partial charge on any atom is 0.0462 e. The van der Waals surface area contributed by atoms with E-state index in [9.17, 15) is 0 Å². The Labute approximate surface area is 158 Å². The Hall–Kier alpha value is -1.80. The molecule has 2 aromatic carbocycles. The standard InChI is InChI=1S/C24H32N2/c1-20-11-13-24(14-12-20,22-8-6-7-21(2)19-22)26-17-15-25(16-18-26)23-9-4-3-5-10-23/h3-10,19-20H,11-18H2,1-2H3. The monoisotopic (exact) mass is 348 g/mol. The second kappa shape index (κ2) is 7.44. The fourth-order valence-corrected chi connectivity index (χ4v) is 4.99. The number of anilines is 1. The molecule has 138 valence electrons. The Kier molecular flexibility index (Phi) is 5.04. The van der Waals surface area contributed by atoms with Crippen LogP contribution in [0, 0.1) is 12.8 Å². The van der Waals surface area contributed by atoms with Crippen molar-refractivity contribution in [3.05, 3.63) is 65.7 Å². The second-order valence-corrected chi connectivity index (χ2v) is 8.39. The van der Waals surface area contributed by atoms with Crippen molar-refractivity contribution in [1.29, 1.82) is 0 Å². The molecular formula is C24H32N2. The molecule has 0 bridgehead atoms. The van der Waals surface area contributed by atoms with Crippen LogP contribution >= 0.6 is 0 Å². The molecule has 0 radical (unpaired) electrons. The van der Waals surface area contributed by atoms with Crippen molar-refractivity contribution in [1.82, 2.24) is 4.90 Å². The van der Waals surface area contributed by atoms with Crippen molar-refractivity contribution in [3.8, 4) is 0 Å². The Balaban J connectivity index is 1.56. The fourth-order valence-electron chi connectivity index (χ4n) is 4.99. The molecule has 26 heavy (non-hydrogen) atoms. The van der Waals surface area contributed by atoms with Gasteiger partial charge in [-0.15, -0.1) is 0 Å². The van der Waals surface area contributed by atoms with Crippen LogP contribution in [0.4, 0.5) is 5.69 Å². The minimum Gasteiger partial charge on any atom is -0.369 e. The molecule has 0 spiro atoms. The van der Waals surface area contributed by atoms with Gasteiger partial charge in [0.2, 0.25) is 0 Å². The molecule has 1 aliphatic carbocycles. The zero-order chi connectivity index (χ0) is 18.0. The summed E-state index contributed by atoms with van der Waals surface area (Å²) in [7, 11) is 0. The molecular weight excluding hydrogens is 316 g/mol. The van der Waals surface area contributed by atoms with Gasteiger partial charge in [-0.2, -0.15) is 0 Å². The van der Waals surface area contributed by atoms with Crippen molar-refractivity contribution in [2.45, 2.75) is 45.1 Å². The number of aryl methyl sites for hydroxylation is 1. The lowest BCUT2D eigenvalue weighted by molar-refractivity contribution is 0.0298. The third kappa shape index (κ3) is 3.40. The van der Waals surface area contributed by atoms with Crippen molar-refractivity contribution >= 4 is 5.69 Å². The molecule has 2 aliphatic rings. The molecule has 1 saturated carbocycles. The number of para-hydroxylation sites is 1. The van der Waals surface area contributed by atoms with Gasteiger partial charge in [0.15, 0.2) is 0 Å². The quantitative estimate of drug-likeness (QED) is 0.750. The molecule has 0 atom stereocenters. The van der Waals surface area contributed by atoms with E-state index in [4.69, 9.17) is 0 Å². The van der Waals surface area contributed by atoms with Crippen LogP contribution in [0.25, 0.3) is 0 Å². The van der Waals surface area contributed by atoms with E-state index in [2.05, 4.69) is 78.2 Å². The first-order valence-corrected chi connectivity index (χ1v) is 10.3. The number of piperazine rings is 1. The summed E-state index contributed by atoms with van der Waals surface area (Å²) in [5.74, 6) is 0.874. The summed E-state index contributed by atoms with van der Waals surface area (Å²) in [4.78, 5) is 5.36. The van der Waals surface area contributed by atoms with Gasteiger partial charge in [-0.1, -0.05) is 55.0 Å². The minimum absolute atomic E-state index is 0.251. The number of nitrogens with zero attached hydrogens (tertiary/aromatic N) is 2. The van der Waals surface area contributed by atoms with Crippen molar-refractivity contribution < 1.29 is 0 Å². The van der Waals surface area contributed by atoms with Crippen LogP contribution in [0.3, 0.4) is 0 Å². The molecule has 0 amide bonds. The SMILES string of the molecule is Cc1cccc(C2(N3CCN(c4ccccc4)CC3)CCC(C)CC2)c1. The molecule has 2 nitrogen and oxygen atoms in total. The number of rotatable bonds is 3. The van der Waals surface area contributed by atoms with Gasteiger partial charge < -0.3 is 4.90 Å². The highest BCUT2D eigenvalue weighted by Gasteiger charge is 2.42. The first-order valence-electron chi connectivity index (χ1n) is 10.3. The van der Waals surface area contributed by atoms with Crippen molar-refractivity contribution in [2.75, 3.05) is 31.1 Å². The largest absolute Gasteiger partial charge is 0.369 e. The maximum absolute atomic E-state index is 2.81. The third-order valence-electron chi connectivity index (χ3n) is 6.66. The van der Waals surface area contributed by atoms with E-state index in [-0.39, 0.29) is 5.54 Å². The Morgan fingerprint density at radius 2 is 1.54 bits per heavy atom. The Morgan fingerprint density at radius 1 is 0.846 bits per heavy atom. The van der Waals surface area contributed by atoms with Gasteiger partial charge in [0.25, 0.3) is 0 Å². The highest BCUT2D eigenvalue weighted by molar-refractivity contribution is 5.46. The van der Waals surface area contributed by atoms with Crippen LogP contribution in [-0.4, -0.2) is 31.1 Å². The predicted molar refractivity (Wildman–Crippen MR) is 111 cm³/mol. The average Bonchev–Trinajstić information content (AvgIpc) is 2.70. The molecule has 0 unspecified atom stereocenters. The Bertz CT molecular complexity index is 708. The molecule has 2 heteroatoms. The lowest BCUT2D eigenvalue weighted by Crippen LogP contribution is -2.56. The summed E-state index contributed by atoms with van der Waals surface area (Å²) in [5, 5.41) is 0. The zero-order valence-corrected chi connectivity index (χ0v) is 16.3. The van der Waals surface area contributed by atoms with Crippen LogP contribution in [0.5, 0.6) is 0 Å². The fraction of sp³-hybridized carbons (Fsp3) is 0.500. The van der Waals surface area contributed by atoms with E-state index in [0.717, 1.165) is 32.1 Å². The van der Waals surface area contributed by atoms with Gasteiger partial charge in [-0.25, -0.2) is 0 Å². The van der Waals surface area contributed by atoms with Crippen LogP contribution in [-0.2, 0) is 5.54 Å². The summed E-state index contributed by atoms with van der Waals surface area (Å²) in [6.45, 7) is 9.25. The maximum atomic E-state index is 2.81. The second-order valence-electron chi connectivity index (χ2n) is 8.39. The smallest absolute Gasteiger partial charge is 0.0462 e. The first kappa shape index (κ1) is 17.6. The van der Waals surface area contributed by atoms with E-state index in [0.29, 0.717) is 0 Å². The summed E-state index contributed by atoms with van der Waals surface area (Å²) in [5.41, 5.74) is 4.57. The third-order valence-corrected chi connectivity index (χ3v) is 6.66. The number of benzene rings is 2. The first-order chi connectivity index (χ1) is 12.7. The van der Waals surface area contributed by atoms with E-state index in [1.807, 2.05) is 0 Å².